The van der Waals surface area contributed by atoms with Crippen molar-refractivity contribution in [1.82, 2.24) is 5.32 Å². The Kier molecular flexibility index (Phi) is 4.95. The minimum absolute atomic E-state index is 0.236. The summed E-state index contributed by atoms with van der Waals surface area (Å²) in [6.45, 7) is 6.02. The third kappa shape index (κ3) is 5.60. The van der Waals surface area contributed by atoms with Gasteiger partial charge in [-0.25, -0.2) is 0 Å². The van der Waals surface area contributed by atoms with Crippen LogP contribution in [0.25, 0.3) is 0 Å². The average molecular weight is 188 g/mol. The molecule has 0 aromatic carbocycles. The largest absolute Gasteiger partial charge is 0.459 e. The molecule has 78 valence electrons. The Morgan fingerprint density at radius 2 is 2.08 bits per heavy atom. The van der Waals surface area contributed by atoms with E-state index in [4.69, 9.17) is 10.5 Å². The van der Waals surface area contributed by atoms with Gasteiger partial charge >= 0.3 is 5.97 Å². The third-order valence-electron chi connectivity index (χ3n) is 1.50. The van der Waals surface area contributed by atoms with Crippen molar-refractivity contribution in [2.75, 3.05) is 13.6 Å². The molecule has 13 heavy (non-hydrogen) atoms. The summed E-state index contributed by atoms with van der Waals surface area (Å²) in [4.78, 5) is 11.4. The summed E-state index contributed by atoms with van der Waals surface area (Å²) in [5, 5.41) is 2.87. The third-order valence-corrected chi connectivity index (χ3v) is 1.50. The first kappa shape index (κ1) is 12.4. The number of ether oxygens (including phenoxy) is 1. The number of hydrogen-bond acceptors (Lipinski definition) is 4. The van der Waals surface area contributed by atoms with Crippen molar-refractivity contribution in [1.29, 1.82) is 0 Å². The fraction of sp³-hybridized carbons (Fsp3) is 0.889. The molecule has 0 radical (unpaired) electrons. The van der Waals surface area contributed by atoms with Crippen LogP contribution in [0.3, 0.4) is 0 Å². The molecule has 0 spiro atoms. The van der Waals surface area contributed by atoms with E-state index < -0.39 is 5.60 Å². The van der Waals surface area contributed by atoms with Crippen LogP contribution in [0.2, 0.25) is 0 Å². The molecule has 0 bridgehead atoms. The molecular formula is C9H20N2O2. The lowest BCUT2D eigenvalue weighted by molar-refractivity contribution is -0.157. The van der Waals surface area contributed by atoms with Crippen LogP contribution in [0.4, 0.5) is 0 Å². The van der Waals surface area contributed by atoms with Gasteiger partial charge in [-0.2, -0.15) is 0 Å². The smallest absolute Gasteiger partial charge is 0.323 e. The summed E-state index contributed by atoms with van der Waals surface area (Å²) in [5.41, 5.74) is 4.93. The first-order valence-electron chi connectivity index (χ1n) is 4.51. The number of likely N-dealkylation sites (N-methyl/N-ethyl adjacent to an activating group) is 1. The second kappa shape index (κ2) is 5.19. The second-order valence-corrected chi connectivity index (χ2v) is 3.95. The SMILES string of the molecule is CNC(CCN)C(=O)OC(C)(C)C. The highest BCUT2D eigenvalue weighted by atomic mass is 16.6. The Morgan fingerprint density at radius 3 is 2.38 bits per heavy atom. The predicted octanol–water partition coefficient (Wildman–Crippen LogP) is 0.265. The maximum absolute atomic E-state index is 11.4. The summed E-state index contributed by atoms with van der Waals surface area (Å²) < 4.78 is 5.19. The number of hydrogen-bond donors (Lipinski definition) is 2. The van der Waals surface area contributed by atoms with E-state index >= 15 is 0 Å². The Balaban J connectivity index is 4.06. The molecule has 0 rings (SSSR count). The molecular weight excluding hydrogens is 168 g/mol. The van der Waals surface area contributed by atoms with Gasteiger partial charge < -0.3 is 15.8 Å². The highest BCUT2D eigenvalue weighted by molar-refractivity contribution is 5.76. The highest BCUT2D eigenvalue weighted by Gasteiger charge is 2.22. The van der Waals surface area contributed by atoms with E-state index in [1.807, 2.05) is 20.8 Å². The molecule has 0 aromatic rings. The van der Waals surface area contributed by atoms with Crippen molar-refractivity contribution in [3.05, 3.63) is 0 Å². The summed E-state index contributed by atoms with van der Waals surface area (Å²) in [6, 6.07) is -0.288. The highest BCUT2D eigenvalue weighted by Crippen LogP contribution is 2.09. The average Bonchev–Trinajstić information content (AvgIpc) is 1.96. The van der Waals surface area contributed by atoms with Gasteiger partial charge in [-0.3, -0.25) is 4.79 Å². The lowest BCUT2D eigenvalue weighted by Crippen LogP contribution is -2.40. The molecule has 1 unspecified atom stereocenters. The van der Waals surface area contributed by atoms with Crippen molar-refractivity contribution >= 4 is 5.97 Å². The zero-order chi connectivity index (χ0) is 10.5. The quantitative estimate of drug-likeness (QED) is 0.621. The van der Waals surface area contributed by atoms with Crippen LogP contribution in [-0.4, -0.2) is 31.2 Å². The standard InChI is InChI=1S/C9H20N2O2/c1-9(2,3)13-8(12)7(11-4)5-6-10/h7,11H,5-6,10H2,1-4H3. The fourth-order valence-electron chi connectivity index (χ4n) is 0.920. The van der Waals surface area contributed by atoms with Crippen LogP contribution in [0.1, 0.15) is 27.2 Å². The molecule has 1 atom stereocenters. The lowest BCUT2D eigenvalue weighted by Gasteiger charge is -2.23. The lowest BCUT2D eigenvalue weighted by atomic mass is 10.1. The zero-order valence-electron chi connectivity index (χ0n) is 8.89. The number of esters is 1. The summed E-state index contributed by atoms with van der Waals surface area (Å²) in [5.74, 6) is -0.236. The van der Waals surface area contributed by atoms with Gasteiger partial charge in [-0.15, -0.1) is 0 Å². The summed E-state index contributed by atoms with van der Waals surface area (Å²) >= 11 is 0. The monoisotopic (exact) mass is 188 g/mol. The van der Waals surface area contributed by atoms with Crippen LogP contribution >= 0.6 is 0 Å². The maximum Gasteiger partial charge on any atom is 0.323 e. The molecule has 0 aliphatic heterocycles. The van der Waals surface area contributed by atoms with Crippen molar-refractivity contribution in [2.24, 2.45) is 5.73 Å². The number of carbonyl (C=O) groups excluding carboxylic acids is 1. The van der Waals surface area contributed by atoms with Gasteiger partial charge in [0.15, 0.2) is 0 Å². The fourth-order valence-corrected chi connectivity index (χ4v) is 0.920. The molecule has 0 saturated heterocycles. The van der Waals surface area contributed by atoms with Crippen molar-refractivity contribution in [3.8, 4) is 0 Å². The molecule has 0 aliphatic carbocycles. The van der Waals surface area contributed by atoms with E-state index in [9.17, 15) is 4.79 Å². The molecule has 0 heterocycles. The summed E-state index contributed by atoms with van der Waals surface area (Å²) in [7, 11) is 1.73. The molecule has 4 heteroatoms. The molecule has 0 saturated carbocycles. The Morgan fingerprint density at radius 1 is 1.54 bits per heavy atom. The van der Waals surface area contributed by atoms with E-state index in [1.165, 1.54) is 0 Å². The van der Waals surface area contributed by atoms with Crippen molar-refractivity contribution in [3.63, 3.8) is 0 Å². The van der Waals surface area contributed by atoms with E-state index in [0.29, 0.717) is 13.0 Å². The van der Waals surface area contributed by atoms with Gasteiger partial charge in [0.05, 0.1) is 0 Å². The van der Waals surface area contributed by atoms with Gasteiger partial charge in [-0.05, 0) is 40.8 Å². The van der Waals surface area contributed by atoms with Gasteiger partial charge in [0, 0.05) is 0 Å². The zero-order valence-corrected chi connectivity index (χ0v) is 8.89. The molecule has 4 nitrogen and oxygen atoms in total. The predicted molar refractivity (Wildman–Crippen MR) is 52.4 cm³/mol. The van der Waals surface area contributed by atoms with E-state index in [0.717, 1.165) is 0 Å². The Hall–Kier alpha value is -0.610. The first-order chi connectivity index (χ1) is 5.90. The first-order valence-corrected chi connectivity index (χ1v) is 4.51. The van der Waals surface area contributed by atoms with Gasteiger partial charge in [-0.1, -0.05) is 0 Å². The Bertz CT molecular complexity index is 163. The number of rotatable bonds is 4. The van der Waals surface area contributed by atoms with Crippen molar-refractivity contribution in [2.45, 2.75) is 38.8 Å². The van der Waals surface area contributed by atoms with Crippen LogP contribution in [0.5, 0.6) is 0 Å². The van der Waals surface area contributed by atoms with Gasteiger partial charge in [0.2, 0.25) is 0 Å². The number of nitrogens with one attached hydrogen (secondary N) is 1. The van der Waals surface area contributed by atoms with E-state index in [-0.39, 0.29) is 12.0 Å². The van der Waals surface area contributed by atoms with Crippen LogP contribution in [0.15, 0.2) is 0 Å². The van der Waals surface area contributed by atoms with E-state index in [2.05, 4.69) is 5.32 Å². The minimum Gasteiger partial charge on any atom is -0.459 e. The van der Waals surface area contributed by atoms with Crippen molar-refractivity contribution < 1.29 is 9.53 Å². The van der Waals surface area contributed by atoms with Crippen LogP contribution in [0, 0.1) is 0 Å². The second-order valence-electron chi connectivity index (χ2n) is 3.95. The molecule has 0 fully saturated rings. The molecule has 0 amide bonds. The minimum atomic E-state index is -0.430. The number of carbonyl (C=O) groups is 1. The maximum atomic E-state index is 11.4. The Labute approximate surface area is 79.8 Å². The normalized spacial score (nSPS) is 13.9. The molecule has 0 aliphatic rings. The van der Waals surface area contributed by atoms with Crippen LogP contribution < -0.4 is 11.1 Å². The molecule has 3 N–H and O–H groups in total. The summed E-state index contributed by atoms with van der Waals surface area (Å²) in [6.07, 6.45) is 0.603. The van der Waals surface area contributed by atoms with Gasteiger partial charge in [0.25, 0.3) is 0 Å². The number of nitrogens with two attached hydrogens (primary N) is 1. The molecule has 0 aromatic heterocycles. The van der Waals surface area contributed by atoms with Crippen LogP contribution in [-0.2, 0) is 9.53 Å². The van der Waals surface area contributed by atoms with Gasteiger partial charge in [0.1, 0.15) is 11.6 Å². The van der Waals surface area contributed by atoms with E-state index in [1.54, 1.807) is 7.05 Å². The topological polar surface area (TPSA) is 64.3 Å².